The second kappa shape index (κ2) is 5.40. The van der Waals surface area contributed by atoms with Crippen molar-refractivity contribution in [2.75, 3.05) is 5.32 Å². The maximum absolute atomic E-state index is 11.3. The van der Waals surface area contributed by atoms with Gasteiger partial charge in [-0.2, -0.15) is 5.26 Å². The van der Waals surface area contributed by atoms with Crippen LogP contribution >= 0.6 is 0 Å². The Hall–Kier alpha value is -2.62. The molecule has 0 aliphatic carbocycles. The van der Waals surface area contributed by atoms with Crippen molar-refractivity contribution in [2.24, 2.45) is 5.41 Å². The Kier molecular flexibility index (Phi) is 4.23. The fourth-order valence-electron chi connectivity index (χ4n) is 1.64. The van der Waals surface area contributed by atoms with Gasteiger partial charge in [-0.15, -0.1) is 0 Å². The van der Waals surface area contributed by atoms with E-state index in [0.717, 1.165) is 0 Å². The number of rotatable bonds is 5. The van der Waals surface area contributed by atoms with Gasteiger partial charge in [-0.3, -0.25) is 14.9 Å². The highest BCUT2D eigenvalue weighted by atomic mass is 16.6. The molecule has 0 bridgehead atoms. The maximum atomic E-state index is 11.3. The van der Waals surface area contributed by atoms with Gasteiger partial charge in [0.25, 0.3) is 5.69 Å². The van der Waals surface area contributed by atoms with Crippen LogP contribution in [0.1, 0.15) is 33.3 Å². The molecule has 0 atom stereocenters. The van der Waals surface area contributed by atoms with Crippen LogP contribution in [-0.4, -0.2) is 21.5 Å². The molecule has 7 nitrogen and oxygen atoms in total. The molecule has 0 fully saturated rings. The van der Waals surface area contributed by atoms with Crippen molar-refractivity contribution in [1.29, 1.82) is 5.26 Å². The highest BCUT2D eigenvalue weighted by Crippen LogP contribution is 2.35. The number of carboxylic acids is 1. The zero-order chi connectivity index (χ0) is 16.4. The molecule has 1 aromatic rings. The number of nitro groups is 1. The van der Waals surface area contributed by atoms with Crippen molar-refractivity contribution in [2.45, 2.75) is 33.2 Å². The Morgan fingerprint density at radius 2 is 1.95 bits per heavy atom. The first kappa shape index (κ1) is 16.4. The van der Waals surface area contributed by atoms with Gasteiger partial charge in [-0.05, 0) is 39.8 Å². The van der Waals surface area contributed by atoms with Gasteiger partial charge in [-0.1, -0.05) is 0 Å². The van der Waals surface area contributed by atoms with Crippen LogP contribution in [0.3, 0.4) is 0 Å². The third-order valence-corrected chi connectivity index (χ3v) is 3.87. The third-order valence-electron chi connectivity index (χ3n) is 3.87. The smallest absolute Gasteiger partial charge is 0.311 e. The van der Waals surface area contributed by atoms with E-state index in [9.17, 15) is 20.0 Å². The summed E-state index contributed by atoms with van der Waals surface area (Å²) in [6, 6.07) is 5.84. The number of anilines is 1. The molecule has 112 valence electrons. The zero-order valence-corrected chi connectivity index (χ0v) is 12.3. The van der Waals surface area contributed by atoms with Crippen LogP contribution < -0.4 is 5.32 Å². The summed E-state index contributed by atoms with van der Waals surface area (Å²) in [5, 5.41) is 32.1. The first-order valence-corrected chi connectivity index (χ1v) is 6.23. The van der Waals surface area contributed by atoms with E-state index < -0.39 is 21.8 Å². The van der Waals surface area contributed by atoms with Crippen LogP contribution in [0.5, 0.6) is 0 Å². The number of aliphatic carboxylic acids is 1. The lowest BCUT2D eigenvalue weighted by atomic mass is 9.74. The van der Waals surface area contributed by atoms with Gasteiger partial charge in [0.05, 0.1) is 10.3 Å². The van der Waals surface area contributed by atoms with E-state index in [1.807, 2.05) is 0 Å². The molecule has 0 amide bonds. The normalized spacial score (nSPS) is 11.6. The van der Waals surface area contributed by atoms with Gasteiger partial charge < -0.3 is 10.4 Å². The number of hydrogen-bond donors (Lipinski definition) is 2. The Balaban J connectivity index is 3.20. The van der Waals surface area contributed by atoms with Gasteiger partial charge in [0.1, 0.15) is 11.6 Å². The summed E-state index contributed by atoms with van der Waals surface area (Å²) in [4.78, 5) is 21.6. The monoisotopic (exact) mass is 291 g/mol. The van der Waals surface area contributed by atoms with Crippen LogP contribution in [0, 0.1) is 26.9 Å². The fourth-order valence-corrected chi connectivity index (χ4v) is 1.64. The van der Waals surface area contributed by atoms with E-state index in [4.69, 9.17) is 5.26 Å². The van der Waals surface area contributed by atoms with Crippen molar-refractivity contribution in [3.8, 4) is 6.07 Å². The molecule has 0 saturated heterocycles. The lowest BCUT2D eigenvalue weighted by molar-refractivity contribution is -0.385. The van der Waals surface area contributed by atoms with Gasteiger partial charge in [-0.25, -0.2) is 0 Å². The minimum absolute atomic E-state index is 0.0409. The van der Waals surface area contributed by atoms with Crippen molar-refractivity contribution in [1.82, 2.24) is 0 Å². The van der Waals surface area contributed by atoms with Crippen molar-refractivity contribution in [3.63, 3.8) is 0 Å². The standard InChI is InChI=1S/C14H17N3O4/c1-13(2,12(18)19)14(3,4)16-10-6-5-9(8-15)11(7-10)17(20)21/h5-7,16H,1-4H3,(H,18,19). The lowest BCUT2D eigenvalue weighted by Gasteiger charge is -2.39. The molecule has 2 N–H and O–H groups in total. The topological polar surface area (TPSA) is 116 Å². The summed E-state index contributed by atoms with van der Waals surface area (Å²) >= 11 is 0. The molecule has 0 radical (unpaired) electrons. The lowest BCUT2D eigenvalue weighted by Crippen LogP contribution is -2.50. The number of nitrogens with one attached hydrogen (secondary N) is 1. The molecule has 7 heteroatoms. The highest BCUT2D eigenvalue weighted by molar-refractivity contribution is 5.76. The van der Waals surface area contributed by atoms with Crippen LogP contribution in [0.4, 0.5) is 11.4 Å². The summed E-state index contributed by atoms with van der Waals surface area (Å²) in [6.07, 6.45) is 0. The number of carbonyl (C=O) groups is 1. The molecule has 0 aliphatic rings. The fraction of sp³-hybridized carbons (Fsp3) is 0.429. The molecule has 1 rings (SSSR count). The molecule has 0 heterocycles. The van der Waals surface area contributed by atoms with Crippen molar-refractivity contribution in [3.05, 3.63) is 33.9 Å². The van der Waals surface area contributed by atoms with E-state index in [1.54, 1.807) is 33.8 Å². The summed E-state index contributed by atoms with van der Waals surface area (Å²) < 4.78 is 0. The number of carboxylic acid groups (broad SMARTS) is 1. The van der Waals surface area contributed by atoms with Crippen molar-refractivity contribution < 1.29 is 14.8 Å². The quantitative estimate of drug-likeness (QED) is 0.636. The van der Waals surface area contributed by atoms with E-state index in [2.05, 4.69) is 5.32 Å². The molecule has 0 saturated carbocycles. The van der Waals surface area contributed by atoms with Crippen LogP contribution in [0.2, 0.25) is 0 Å². The molecular formula is C14H17N3O4. The first-order valence-electron chi connectivity index (χ1n) is 6.23. The predicted molar refractivity (Wildman–Crippen MR) is 76.9 cm³/mol. The Labute approximate surface area is 122 Å². The number of hydrogen-bond acceptors (Lipinski definition) is 5. The molecule has 0 aromatic heterocycles. The van der Waals surface area contributed by atoms with Gasteiger partial charge in [0.15, 0.2) is 0 Å². The summed E-state index contributed by atoms with van der Waals surface area (Å²) in [5.74, 6) is -0.983. The second-order valence-corrected chi connectivity index (χ2v) is 5.78. The van der Waals surface area contributed by atoms with Crippen LogP contribution in [0.25, 0.3) is 0 Å². The zero-order valence-electron chi connectivity index (χ0n) is 12.3. The number of benzene rings is 1. The number of nitro benzene ring substituents is 1. The second-order valence-electron chi connectivity index (χ2n) is 5.78. The Bertz CT molecular complexity index is 630. The summed E-state index contributed by atoms with van der Waals surface area (Å²) in [6.45, 7) is 6.54. The first-order chi connectivity index (χ1) is 9.52. The SMILES string of the molecule is CC(C)(Nc1ccc(C#N)c([N+](=O)[O-])c1)C(C)(C)C(=O)O. The molecule has 1 aromatic carbocycles. The van der Waals surface area contributed by atoms with Gasteiger partial charge >= 0.3 is 5.97 Å². The third kappa shape index (κ3) is 3.11. The van der Waals surface area contributed by atoms with E-state index in [1.165, 1.54) is 18.2 Å². The summed E-state index contributed by atoms with van der Waals surface area (Å²) in [5.41, 5.74) is -1.93. The number of nitriles is 1. The highest BCUT2D eigenvalue weighted by Gasteiger charge is 2.43. The van der Waals surface area contributed by atoms with Gasteiger partial charge in [0.2, 0.25) is 0 Å². The maximum Gasteiger partial charge on any atom is 0.311 e. The predicted octanol–water partition coefficient (Wildman–Crippen LogP) is 2.77. The largest absolute Gasteiger partial charge is 0.481 e. The summed E-state index contributed by atoms with van der Waals surface area (Å²) in [7, 11) is 0. The Morgan fingerprint density at radius 1 is 1.38 bits per heavy atom. The van der Waals surface area contributed by atoms with Crippen LogP contribution in [-0.2, 0) is 4.79 Å². The van der Waals surface area contributed by atoms with E-state index in [-0.39, 0.29) is 11.3 Å². The minimum atomic E-state index is -1.10. The van der Waals surface area contributed by atoms with Crippen LogP contribution in [0.15, 0.2) is 18.2 Å². The van der Waals surface area contributed by atoms with E-state index in [0.29, 0.717) is 5.69 Å². The van der Waals surface area contributed by atoms with Crippen molar-refractivity contribution >= 4 is 17.3 Å². The Morgan fingerprint density at radius 3 is 2.38 bits per heavy atom. The molecule has 21 heavy (non-hydrogen) atoms. The average Bonchev–Trinajstić information content (AvgIpc) is 2.37. The minimum Gasteiger partial charge on any atom is -0.481 e. The average molecular weight is 291 g/mol. The molecule has 0 spiro atoms. The molecule has 0 unspecified atom stereocenters. The number of nitrogens with zero attached hydrogens (tertiary/aromatic N) is 2. The van der Waals surface area contributed by atoms with Gasteiger partial charge in [0, 0.05) is 17.3 Å². The molecule has 0 aliphatic heterocycles. The molecular weight excluding hydrogens is 274 g/mol. The van der Waals surface area contributed by atoms with E-state index >= 15 is 0 Å².